The van der Waals surface area contributed by atoms with E-state index in [2.05, 4.69) is 60.0 Å². The summed E-state index contributed by atoms with van der Waals surface area (Å²) in [5.41, 5.74) is 2.23. The highest BCUT2D eigenvalue weighted by Gasteiger charge is 2.41. The average molecular weight is 483 g/mol. The molecule has 1 heterocycles. The lowest BCUT2D eigenvalue weighted by molar-refractivity contribution is -0.133. The van der Waals surface area contributed by atoms with Crippen molar-refractivity contribution in [2.75, 3.05) is 60.9 Å². The van der Waals surface area contributed by atoms with E-state index in [1.807, 2.05) is 31.3 Å². The van der Waals surface area contributed by atoms with Crippen LogP contribution in [0.3, 0.4) is 0 Å². The molecule has 6 heteroatoms. The molecule has 0 spiro atoms. The predicted octanol–water partition coefficient (Wildman–Crippen LogP) is 3.53. The highest BCUT2D eigenvalue weighted by molar-refractivity contribution is 5.96. The number of hydrogen-bond acceptors (Lipinski definition) is 5. The monoisotopic (exact) mass is 482 g/mol. The summed E-state index contributed by atoms with van der Waals surface area (Å²) in [5, 5.41) is 0. The molecule has 0 aromatic heterocycles. The van der Waals surface area contributed by atoms with Crippen LogP contribution in [0, 0.1) is 11.8 Å². The molecule has 0 N–H and O–H groups in total. The van der Waals surface area contributed by atoms with E-state index in [0.29, 0.717) is 36.5 Å². The van der Waals surface area contributed by atoms with Crippen LogP contribution in [0.1, 0.15) is 44.6 Å². The summed E-state index contributed by atoms with van der Waals surface area (Å²) in [6.45, 7) is 6.60. The van der Waals surface area contributed by atoms with Gasteiger partial charge in [-0.15, -0.1) is 0 Å². The van der Waals surface area contributed by atoms with Crippen molar-refractivity contribution in [3.63, 3.8) is 0 Å². The predicted molar refractivity (Wildman–Crippen MR) is 143 cm³/mol. The molecule has 1 aromatic carbocycles. The molecule has 3 atom stereocenters. The van der Waals surface area contributed by atoms with E-state index < -0.39 is 0 Å². The Balaban J connectivity index is 1.66. The van der Waals surface area contributed by atoms with Gasteiger partial charge in [-0.3, -0.25) is 14.5 Å². The minimum atomic E-state index is 0.262. The Morgan fingerprint density at radius 1 is 1.06 bits per heavy atom. The third-order valence-corrected chi connectivity index (χ3v) is 7.45. The highest BCUT2D eigenvalue weighted by atomic mass is 16.2. The van der Waals surface area contributed by atoms with E-state index in [1.54, 1.807) is 0 Å². The summed E-state index contributed by atoms with van der Waals surface area (Å²) >= 11 is 0. The minimum Gasteiger partial charge on any atom is -0.383 e. The molecule has 1 amide bonds. The van der Waals surface area contributed by atoms with Crippen LogP contribution in [-0.4, -0.2) is 98.2 Å². The van der Waals surface area contributed by atoms with Crippen LogP contribution in [0.2, 0.25) is 0 Å². The molecular weight excluding hydrogens is 436 g/mol. The molecular formula is C29H46N4O2. The standard InChI is InChI=1S/C29H46N4O2/c1-6-13-33-21-24(17-25-20-28(34)26(19-27(25)33)22-31(4)5)18-29(35)32(16-15-30(2)3)14-12-23-10-8-7-9-11-23/h7-11,22,24-25,27H,6,12-21H2,1-5H3/t24-,25-,27-/m1/s1. The molecule has 35 heavy (non-hydrogen) atoms. The van der Waals surface area contributed by atoms with Gasteiger partial charge >= 0.3 is 0 Å². The number of Topliss-reactive ketones (excluding diaryl/α,β-unsaturated/α-hetero) is 1. The average Bonchev–Trinajstić information content (AvgIpc) is 2.80. The fourth-order valence-corrected chi connectivity index (χ4v) is 5.74. The van der Waals surface area contributed by atoms with Gasteiger partial charge in [0.05, 0.1) is 0 Å². The van der Waals surface area contributed by atoms with Gasteiger partial charge in [0.25, 0.3) is 0 Å². The van der Waals surface area contributed by atoms with Crippen molar-refractivity contribution >= 4 is 11.7 Å². The molecule has 0 radical (unpaired) electrons. The van der Waals surface area contributed by atoms with Crippen LogP contribution in [-0.2, 0) is 16.0 Å². The number of carbonyl (C=O) groups excluding carboxylic acids is 2. The summed E-state index contributed by atoms with van der Waals surface area (Å²) in [5.74, 6) is 1.23. The van der Waals surface area contributed by atoms with E-state index >= 15 is 0 Å². The SMILES string of the molecule is CCCN1C[C@@H](CC(=O)N(CCc2ccccc2)CCN(C)C)C[C@@H]2CC(=O)C(=CN(C)C)C[C@H]21. The van der Waals surface area contributed by atoms with Gasteiger partial charge in [-0.1, -0.05) is 37.3 Å². The fourth-order valence-electron chi connectivity index (χ4n) is 5.74. The molecule has 1 saturated heterocycles. The van der Waals surface area contributed by atoms with Crippen molar-refractivity contribution in [1.29, 1.82) is 0 Å². The Morgan fingerprint density at radius 3 is 2.46 bits per heavy atom. The molecule has 0 unspecified atom stereocenters. The molecule has 2 aliphatic rings. The minimum absolute atomic E-state index is 0.262. The molecule has 1 aromatic rings. The van der Waals surface area contributed by atoms with Crippen molar-refractivity contribution in [2.24, 2.45) is 11.8 Å². The van der Waals surface area contributed by atoms with Crippen molar-refractivity contribution in [3.8, 4) is 0 Å². The van der Waals surface area contributed by atoms with Gasteiger partial charge < -0.3 is 14.7 Å². The van der Waals surface area contributed by atoms with Gasteiger partial charge in [-0.05, 0) is 63.7 Å². The Bertz CT molecular complexity index is 851. The third kappa shape index (κ3) is 8.18. The second-order valence-electron chi connectivity index (χ2n) is 11.0. The summed E-state index contributed by atoms with van der Waals surface area (Å²) in [4.78, 5) is 35.1. The molecule has 194 valence electrons. The van der Waals surface area contributed by atoms with Gasteiger partial charge in [0.1, 0.15) is 0 Å². The highest BCUT2D eigenvalue weighted by Crippen LogP contribution is 2.39. The first-order valence-corrected chi connectivity index (χ1v) is 13.4. The Morgan fingerprint density at radius 2 is 1.80 bits per heavy atom. The maximum absolute atomic E-state index is 13.5. The lowest BCUT2D eigenvalue weighted by atomic mass is 9.72. The molecule has 1 aliphatic heterocycles. The van der Waals surface area contributed by atoms with Crippen LogP contribution >= 0.6 is 0 Å². The quantitative estimate of drug-likeness (QED) is 0.452. The second kappa shape index (κ2) is 13.2. The Hall–Kier alpha value is -2.18. The largest absolute Gasteiger partial charge is 0.383 e. The van der Waals surface area contributed by atoms with Crippen LogP contribution in [0.5, 0.6) is 0 Å². The maximum atomic E-state index is 13.5. The summed E-state index contributed by atoms with van der Waals surface area (Å²) in [7, 11) is 8.09. The van der Waals surface area contributed by atoms with E-state index in [1.165, 1.54) is 5.56 Å². The number of likely N-dealkylation sites (tertiary alicyclic amines) is 1. The fraction of sp³-hybridized carbons (Fsp3) is 0.655. The molecule has 2 fully saturated rings. The van der Waals surface area contributed by atoms with Gasteiger partial charge in [0.15, 0.2) is 5.78 Å². The van der Waals surface area contributed by atoms with Crippen molar-refractivity contribution < 1.29 is 9.59 Å². The van der Waals surface area contributed by atoms with E-state index in [4.69, 9.17) is 0 Å². The van der Waals surface area contributed by atoms with Crippen molar-refractivity contribution in [3.05, 3.63) is 47.7 Å². The van der Waals surface area contributed by atoms with E-state index in [-0.39, 0.29) is 5.91 Å². The second-order valence-corrected chi connectivity index (χ2v) is 11.0. The Labute approximate surface area is 212 Å². The van der Waals surface area contributed by atoms with Gasteiger partial charge in [-0.25, -0.2) is 0 Å². The lowest BCUT2D eigenvalue weighted by Crippen LogP contribution is -2.52. The zero-order valence-corrected chi connectivity index (χ0v) is 22.6. The van der Waals surface area contributed by atoms with Crippen molar-refractivity contribution in [1.82, 2.24) is 19.6 Å². The molecule has 0 bridgehead atoms. The summed E-state index contributed by atoms with van der Waals surface area (Å²) in [6, 6.07) is 10.9. The number of carbonyl (C=O) groups is 2. The van der Waals surface area contributed by atoms with Crippen molar-refractivity contribution in [2.45, 2.75) is 51.5 Å². The number of amides is 1. The third-order valence-electron chi connectivity index (χ3n) is 7.45. The first kappa shape index (κ1) is 27.4. The number of ketones is 1. The molecule has 1 saturated carbocycles. The summed E-state index contributed by atoms with van der Waals surface area (Å²) < 4.78 is 0. The molecule has 3 rings (SSSR count). The number of piperidine rings is 1. The topological polar surface area (TPSA) is 47.1 Å². The van der Waals surface area contributed by atoms with Gasteiger partial charge in [0, 0.05) is 70.9 Å². The number of likely N-dealkylation sites (N-methyl/N-ethyl adjacent to an activating group) is 1. The number of rotatable bonds is 11. The van der Waals surface area contributed by atoms with Crippen LogP contribution < -0.4 is 0 Å². The zero-order valence-electron chi connectivity index (χ0n) is 22.6. The summed E-state index contributed by atoms with van der Waals surface area (Å²) in [6.07, 6.45) is 7.01. The smallest absolute Gasteiger partial charge is 0.222 e. The molecule has 6 nitrogen and oxygen atoms in total. The van der Waals surface area contributed by atoms with Crippen LogP contribution in [0.15, 0.2) is 42.1 Å². The first-order chi connectivity index (χ1) is 16.8. The maximum Gasteiger partial charge on any atom is 0.222 e. The lowest BCUT2D eigenvalue weighted by Gasteiger charge is -2.47. The first-order valence-electron chi connectivity index (χ1n) is 13.4. The van der Waals surface area contributed by atoms with Gasteiger partial charge in [0.2, 0.25) is 5.91 Å². The number of benzene rings is 1. The van der Waals surface area contributed by atoms with Crippen LogP contribution in [0.25, 0.3) is 0 Å². The number of hydrogen-bond donors (Lipinski definition) is 0. The normalized spacial score (nSPS) is 24.0. The van der Waals surface area contributed by atoms with Gasteiger partial charge in [-0.2, -0.15) is 0 Å². The number of fused-ring (bicyclic) bond motifs is 1. The Kier molecular flexibility index (Phi) is 10.4. The molecule has 1 aliphatic carbocycles. The van der Waals surface area contributed by atoms with E-state index in [0.717, 1.165) is 64.0 Å². The zero-order chi connectivity index (χ0) is 25.4. The van der Waals surface area contributed by atoms with E-state index in [9.17, 15) is 9.59 Å². The van der Waals surface area contributed by atoms with Crippen LogP contribution in [0.4, 0.5) is 0 Å². The number of nitrogens with zero attached hydrogens (tertiary/aromatic N) is 4.